The fourth-order valence-electron chi connectivity index (χ4n) is 4.26. The topological polar surface area (TPSA) is 23.5 Å². The second kappa shape index (κ2) is 8.12. The van der Waals surface area contributed by atoms with Gasteiger partial charge in [0.05, 0.1) is 6.61 Å². The van der Waals surface area contributed by atoms with Gasteiger partial charge in [0.25, 0.3) is 0 Å². The predicted octanol–water partition coefficient (Wildman–Crippen LogP) is 4.45. The molecule has 1 aliphatic carbocycles. The molecule has 3 rings (SSSR count). The van der Waals surface area contributed by atoms with Crippen molar-refractivity contribution in [2.75, 3.05) is 26.2 Å². The van der Waals surface area contributed by atoms with Crippen molar-refractivity contribution < 1.29 is 5.11 Å². The molecule has 2 heteroatoms. The summed E-state index contributed by atoms with van der Waals surface area (Å²) in [7, 11) is 0. The number of aliphatic hydroxyl groups is 1. The van der Waals surface area contributed by atoms with E-state index in [-0.39, 0.29) is 6.61 Å². The molecule has 1 N–H and O–H groups in total. The Bertz CT molecular complexity index is 503. The van der Waals surface area contributed by atoms with Crippen molar-refractivity contribution in [2.24, 2.45) is 5.92 Å². The first-order valence-corrected chi connectivity index (χ1v) is 9.42. The number of benzene rings is 1. The molecule has 2 nitrogen and oxygen atoms in total. The third kappa shape index (κ3) is 4.24. The fraction of sp³-hybridized carbons (Fsp3) is 0.619. The van der Waals surface area contributed by atoms with E-state index in [0.29, 0.717) is 11.8 Å². The Labute approximate surface area is 141 Å². The molecule has 1 aromatic rings. The largest absolute Gasteiger partial charge is 0.396 e. The summed E-state index contributed by atoms with van der Waals surface area (Å²) in [5, 5.41) is 9.80. The lowest BCUT2D eigenvalue weighted by molar-refractivity contribution is 0.226. The zero-order chi connectivity index (χ0) is 16.1. The number of aliphatic hydroxyl groups excluding tert-OH is 1. The van der Waals surface area contributed by atoms with Gasteiger partial charge in [0.1, 0.15) is 0 Å². The zero-order valence-electron chi connectivity index (χ0n) is 14.5. The first-order chi connectivity index (χ1) is 11.3. The third-order valence-electron chi connectivity index (χ3n) is 5.85. The van der Waals surface area contributed by atoms with Gasteiger partial charge in [-0.1, -0.05) is 55.7 Å². The van der Waals surface area contributed by atoms with Crippen LogP contribution in [0.25, 0.3) is 6.08 Å². The summed E-state index contributed by atoms with van der Waals surface area (Å²) >= 11 is 0. The van der Waals surface area contributed by atoms with Crippen molar-refractivity contribution in [3.8, 4) is 0 Å². The van der Waals surface area contributed by atoms with Crippen LogP contribution in [0.15, 0.2) is 29.8 Å². The summed E-state index contributed by atoms with van der Waals surface area (Å²) in [4.78, 5) is 2.52. The molecule has 1 atom stereocenters. The van der Waals surface area contributed by atoms with E-state index in [0.717, 1.165) is 0 Å². The van der Waals surface area contributed by atoms with Gasteiger partial charge in [-0.3, -0.25) is 0 Å². The minimum atomic E-state index is 0.290. The summed E-state index contributed by atoms with van der Waals surface area (Å²) in [6.45, 7) is 6.11. The predicted molar refractivity (Wildman–Crippen MR) is 97.6 cm³/mol. The lowest BCUT2D eigenvalue weighted by Gasteiger charge is -2.27. The molecule has 1 unspecified atom stereocenters. The smallest absolute Gasteiger partial charge is 0.0502 e. The molecular formula is C21H31NO. The van der Waals surface area contributed by atoms with E-state index in [4.69, 9.17) is 0 Å². The van der Waals surface area contributed by atoms with Crippen LogP contribution in [0, 0.1) is 5.92 Å². The number of hydrogen-bond donors (Lipinski definition) is 1. The minimum absolute atomic E-state index is 0.290. The lowest BCUT2D eigenvalue weighted by Crippen LogP contribution is -2.30. The monoisotopic (exact) mass is 313 g/mol. The first-order valence-electron chi connectivity index (χ1n) is 9.42. The Morgan fingerprint density at radius 1 is 1.13 bits per heavy atom. The van der Waals surface area contributed by atoms with Gasteiger partial charge in [0.2, 0.25) is 0 Å². The normalized spacial score (nSPS) is 21.6. The molecule has 1 saturated carbocycles. The van der Waals surface area contributed by atoms with Gasteiger partial charge in [-0.25, -0.2) is 0 Å². The molecule has 0 bridgehead atoms. The van der Waals surface area contributed by atoms with Crippen LogP contribution in [-0.4, -0.2) is 36.2 Å². The highest BCUT2D eigenvalue weighted by Gasteiger charge is 2.25. The maximum absolute atomic E-state index is 9.80. The molecule has 0 spiro atoms. The van der Waals surface area contributed by atoms with Crippen LogP contribution in [0.5, 0.6) is 0 Å². The third-order valence-corrected chi connectivity index (χ3v) is 5.85. The Balaban J connectivity index is 1.64. The van der Waals surface area contributed by atoms with Crippen molar-refractivity contribution in [3.05, 3.63) is 41.0 Å². The highest BCUT2D eigenvalue weighted by molar-refractivity contribution is 5.53. The molecule has 126 valence electrons. The van der Waals surface area contributed by atoms with Gasteiger partial charge in [-0.05, 0) is 49.3 Å². The number of likely N-dealkylation sites (tertiary alicyclic amines) is 1. The van der Waals surface area contributed by atoms with Gasteiger partial charge in [0, 0.05) is 19.0 Å². The number of nitrogens with zero attached hydrogens (tertiary/aromatic N) is 1. The van der Waals surface area contributed by atoms with Crippen LogP contribution in [-0.2, 0) is 0 Å². The van der Waals surface area contributed by atoms with Gasteiger partial charge in [0.15, 0.2) is 0 Å². The molecule has 1 saturated heterocycles. The highest BCUT2D eigenvalue weighted by atomic mass is 16.3. The molecule has 2 fully saturated rings. The van der Waals surface area contributed by atoms with E-state index < -0.39 is 0 Å². The van der Waals surface area contributed by atoms with Gasteiger partial charge in [-0.2, -0.15) is 0 Å². The summed E-state index contributed by atoms with van der Waals surface area (Å²) in [6.07, 6.45) is 10.0. The molecule has 2 aliphatic rings. The fourth-order valence-corrected chi connectivity index (χ4v) is 4.26. The SMILES string of the molecule is CCN1CCC(=Cc2ccc(C(CO)C3CCCC3)cc2)CC1. The van der Waals surface area contributed by atoms with Crippen molar-refractivity contribution >= 4 is 6.08 Å². The van der Waals surface area contributed by atoms with Gasteiger partial charge >= 0.3 is 0 Å². The summed E-state index contributed by atoms with van der Waals surface area (Å²) in [6, 6.07) is 8.97. The standard InChI is InChI=1S/C21H31NO/c1-2-22-13-11-18(12-14-22)15-17-7-9-20(10-8-17)21(16-23)19-5-3-4-6-19/h7-10,15,19,21,23H,2-6,11-14,16H2,1H3. The second-order valence-electron chi connectivity index (χ2n) is 7.24. The molecule has 1 aromatic carbocycles. The Kier molecular flexibility index (Phi) is 5.91. The zero-order valence-corrected chi connectivity index (χ0v) is 14.5. The van der Waals surface area contributed by atoms with E-state index in [2.05, 4.69) is 42.2 Å². The van der Waals surface area contributed by atoms with E-state index >= 15 is 0 Å². The van der Waals surface area contributed by atoms with Gasteiger partial charge < -0.3 is 10.0 Å². The lowest BCUT2D eigenvalue weighted by atomic mass is 9.85. The van der Waals surface area contributed by atoms with Crippen molar-refractivity contribution in [2.45, 2.75) is 51.4 Å². The van der Waals surface area contributed by atoms with Crippen LogP contribution in [0.2, 0.25) is 0 Å². The summed E-state index contributed by atoms with van der Waals surface area (Å²) in [5.41, 5.74) is 4.22. The molecule has 23 heavy (non-hydrogen) atoms. The van der Waals surface area contributed by atoms with Crippen molar-refractivity contribution in [1.82, 2.24) is 4.90 Å². The number of rotatable bonds is 5. The van der Waals surface area contributed by atoms with E-state index in [1.807, 2.05) is 0 Å². The minimum Gasteiger partial charge on any atom is -0.396 e. The summed E-state index contributed by atoms with van der Waals surface area (Å²) < 4.78 is 0. The van der Waals surface area contributed by atoms with Crippen LogP contribution in [0.3, 0.4) is 0 Å². The Morgan fingerprint density at radius 2 is 1.78 bits per heavy atom. The van der Waals surface area contributed by atoms with Gasteiger partial charge in [-0.15, -0.1) is 0 Å². The number of hydrogen-bond acceptors (Lipinski definition) is 2. The molecule has 0 aromatic heterocycles. The van der Waals surface area contributed by atoms with Crippen molar-refractivity contribution in [3.63, 3.8) is 0 Å². The van der Waals surface area contributed by atoms with E-state index in [1.54, 1.807) is 5.57 Å². The Morgan fingerprint density at radius 3 is 2.35 bits per heavy atom. The van der Waals surface area contributed by atoms with Crippen molar-refractivity contribution in [1.29, 1.82) is 0 Å². The molecular weight excluding hydrogens is 282 g/mol. The first kappa shape index (κ1) is 16.7. The number of piperidine rings is 1. The molecule has 1 heterocycles. The van der Waals surface area contributed by atoms with E-state index in [9.17, 15) is 5.11 Å². The second-order valence-corrected chi connectivity index (χ2v) is 7.24. The van der Waals surface area contributed by atoms with Crippen LogP contribution in [0.4, 0.5) is 0 Å². The van der Waals surface area contributed by atoms with Crippen LogP contribution < -0.4 is 0 Å². The quantitative estimate of drug-likeness (QED) is 0.868. The average molecular weight is 313 g/mol. The van der Waals surface area contributed by atoms with Crippen LogP contribution >= 0.6 is 0 Å². The average Bonchev–Trinajstić information content (AvgIpc) is 3.12. The summed E-state index contributed by atoms with van der Waals surface area (Å²) in [5.74, 6) is 1.02. The van der Waals surface area contributed by atoms with Crippen LogP contribution in [0.1, 0.15) is 62.5 Å². The Hall–Kier alpha value is -1.12. The van der Waals surface area contributed by atoms with E-state index in [1.165, 1.54) is 69.3 Å². The maximum Gasteiger partial charge on any atom is 0.0502 e. The molecule has 1 aliphatic heterocycles. The molecule has 0 amide bonds. The maximum atomic E-state index is 9.80. The molecule has 0 radical (unpaired) electrons. The highest BCUT2D eigenvalue weighted by Crippen LogP contribution is 2.37.